The summed E-state index contributed by atoms with van der Waals surface area (Å²) in [4.78, 5) is 16.5. The van der Waals surface area contributed by atoms with Crippen LogP contribution in [0.25, 0.3) is 0 Å². The summed E-state index contributed by atoms with van der Waals surface area (Å²) >= 11 is 0. The molecule has 1 heterocycles. The lowest BCUT2D eigenvalue weighted by Crippen LogP contribution is -2.50. The average Bonchev–Trinajstić information content (AvgIpc) is 2.72. The topological polar surface area (TPSA) is 79.0 Å². The lowest BCUT2D eigenvalue weighted by atomic mass is 10.1. The molecule has 174 valence electrons. The van der Waals surface area contributed by atoms with E-state index in [1.54, 1.807) is 41.3 Å². The van der Waals surface area contributed by atoms with E-state index in [0.29, 0.717) is 18.8 Å². The van der Waals surface area contributed by atoms with Crippen LogP contribution < -0.4 is 4.72 Å². The minimum absolute atomic E-state index is 0.248. The Bertz CT molecular complexity index is 1000. The van der Waals surface area contributed by atoms with Gasteiger partial charge >= 0.3 is 6.09 Å². The van der Waals surface area contributed by atoms with Gasteiger partial charge in [0.05, 0.1) is 4.90 Å². The van der Waals surface area contributed by atoms with Crippen molar-refractivity contribution >= 4 is 21.8 Å². The Morgan fingerprint density at radius 1 is 0.969 bits per heavy atom. The van der Waals surface area contributed by atoms with Gasteiger partial charge in [0.25, 0.3) is 10.0 Å². The molecular weight excluding hydrogens is 426 g/mol. The first-order chi connectivity index (χ1) is 15.0. The van der Waals surface area contributed by atoms with Crippen molar-refractivity contribution in [2.45, 2.75) is 44.6 Å². The molecule has 1 aliphatic heterocycles. The zero-order chi connectivity index (χ0) is 23.4. The van der Waals surface area contributed by atoms with Gasteiger partial charge in [-0.25, -0.2) is 13.2 Å². The number of piperazine rings is 1. The summed E-state index contributed by atoms with van der Waals surface area (Å²) in [6, 6.07) is 14.3. The summed E-state index contributed by atoms with van der Waals surface area (Å²) in [7, 11) is -3.60. The number of benzene rings is 2. The van der Waals surface area contributed by atoms with E-state index in [4.69, 9.17) is 4.74 Å². The predicted octanol–water partition coefficient (Wildman–Crippen LogP) is 3.89. The van der Waals surface area contributed by atoms with Gasteiger partial charge in [0.15, 0.2) is 0 Å². The van der Waals surface area contributed by atoms with Crippen LogP contribution in [0.4, 0.5) is 10.5 Å². The Balaban J connectivity index is 1.46. The molecule has 0 aromatic heterocycles. The summed E-state index contributed by atoms with van der Waals surface area (Å²) in [5.74, 6) is 0. The highest BCUT2D eigenvalue weighted by Crippen LogP contribution is 2.18. The number of nitrogens with zero attached hydrogens (tertiary/aromatic N) is 2. The third kappa shape index (κ3) is 6.97. The number of ether oxygens (including phenoxy) is 1. The van der Waals surface area contributed by atoms with Crippen molar-refractivity contribution in [3.63, 3.8) is 0 Å². The summed E-state index contributed by atoms with van der Waals surface area (Å²) in [5.41, 5.74) is 2.21. The third-order valence-corrected chi connectivity index (χ3v) is 6.68. The number of carbonyl (C=O) groups excluding carboxylic acids is 1. The van der Waals surface area contributed by atoms with E-state index in [1.807, 2.05) is 39.8 Å². The lowest BCUT2D eigenvalue weighted by Gasteiger charge is -2.35. The molecule has 7 nitrogen and oxygen atoms in total. The normalized spacial score (nSPS) is 15.4. The zero-order valence-corrected chi connectivity index (χ0v) is 20.1. The van der Waals surface area contributed by atoms with E-state index < -0.39 is 15.6 Å². The number of amides is 1. The molecule has 0 saturated carbocycles. The molecule has 0 spiro atoms. The highest BCUT2D eigenvalue weighted by Gasteiger charge is 2.25. The second-order valence-electron chi connectivity index (χ2n) is 9.17. The fourth-order valence-corrected chi connectivity index (χ4v) is 4.50. The van der Waals surface area contributed by atoms with Gasteiger partial charge < -0.3 is 9.64 Å². The Morgan fingerprint density at radius 2 is 1.56 bits per heavy atom. The third-order valence-electron chi connectivity index (χ3n) is 5.28. The molecule has 8 heteroatoms. The van der Waals surface area contributed by atoms with Crippen LogP contribution in [0.15, 0.2) is 53.4 Å². The van der Waals surface area contributed by atoms with Gasteiger partial charge in [0, 0.05) is 38.4 Å². The standard InChI is InChI=1S/C24H33N3O4S/c1-19-5-11-22(12-6-19)32(29,30)25-21-9-7-20(8-10-21)13-14-26-15-17-27(18-16-26)23(28)31-24(2,3)4/h5-12,25H,13-18H2,1-4H3. The summed E-state index contributed by atoms with van der Waals surface area (Å²) < 4.78 is 33.1. The maximum Gasteiger partial charge on any atom is 0.410 e. The second kappa shape index (κ2) is 9.92. The van der Waals surface area contributed by atoms with Gasteiger partial charge in [0.1, 0.15) is 5.60 Å². The lowest BCUT2D eigenvalue weighted by molar-refractivity contribution is 0.0146. The number of aryl methyl sites for hydroxylation is 1. The van der Waals surface area contributed by atoms with Crippen molar-refractivity contribution in [2.75, 3.05) is 37.4 Å². The Labute approximate surface area is 191 Å². The average molecular weight is 460 g/mol. The van der Waals surface area contributed by atoms with Crippen LogP contribution in [0.2, 0.25) is 0 Å². The van der Waals surface area contributed by atoms with E-state index >= 15 is 0 Å². The first-order valence-corrected chi connectivity index (χ1v) is 12.4. The number of sulfonamides is 1. The van der Waals surface area contributed by atoms with Crippen LogP contribution in [0.5, 0.6) is 0 Å². The minimum Gasteiger partial charge on any atom is -0.444 e. The smallest absolute Gasteiger partial charge is 0.410 e. The molecule has 2 aromatic rings. The number of anilines is 1. The molecule has 1 N–H and O–H groups in total. The molecule has 0 unspecified atom stereocenters. The molecule has 3 rings (SSSR count). The molecule has 1 aliphatic rings. The van der Waals surface area contributed by atoms with Gasteiger partial charge in [-0.3, -0.25) is 9.62 Å². The van der Waals surface area contributed by atoms with Crippen LogP contribution >= 0.6 is 0 Å². The predicted molar refractivity (Wildman–Crippen MR) is 126 cm³/mol. The molecule has 0 aliphatic carbocycles. The summed E-state index contributed by atoms with van der Waals surface area (Å²) in [5, 5.41) is 0. The van der Waals surface area contributed by atoms with Crippen molar-refractivity contribution < 1.29 is 17.9 Å². The Kier molecular flexibility index (Phi) is 7.46. The zero-order valence-electron chi connectivity index (χ0n) is 19.3. The number of hydrogen-bond acceptors (Lipinski definition) is 5. The summed E-state index contributed by atoms with van der Waals surface area (Å²) in [6.45, 7) is 11.4. The fourth-order valence-electron chi connectivity index (χ4n) is 3.44. The Hall–Kier alpha value is -2.58. The summed E-state index contributed by atoms with van der Waals surface area (Å²) in [6.07, 6.45) is 0.609. The van der Waals surface area contributed by atoms with Gasteiger partial charge in [-0.15, -0.1) is 0 Å². The van der Waals surface area contributed by atoms with Crippen LogP contribution in [-0.2, 0) is 21.2 Å². The van der Waals surface area contributed by atoms with E-state index in [2.05, 4.69) is 9.62 Å². The van der Waals surface area contributed by atoms with Crippen LogP contribution in [0.3, 0.4) is 0 Å². The van der Waals surface area contributed by atoms with E-state index in [9.17, 15) is 13.2 Å². The van der Waals surface area contributed by atoms with E-state index in [0.717, 1.165) is 37.2 Å². The van der Waals surface area contributed by atoms with Gasteiger partial charge in [-0.2, -0.15) is 0 Å². The van der Waals surface area contributed by atoms with Crippen molar-refractivity contribution in [2.24, 2.45) is 0 Å². The van der Waals surface area contributed by atoms with Crippen molar-refractivity contribution in [3.05, 3.63) is 59.7 Å². The second-order valence-corrected chi connectivity index (χ2v) is 10.9. The van der Waals surface area contributed by atoms with Crippen LogP contribution in [0, 0.1) is 6.92 Å². The van der Waals surface area contributed by atoms with Crippen LogP contribution in [-0.4, -0.2) is 62.6 Å². The van der Waals surface area contributed by atoms with Crippen molar-refractivity contribution in [3.8, 4) is 0 Å². The number of nitrogens with one attached hydrogen (secondary N) is 1. The highest BCUT2D eigenvalue weighted by molar-refractivity contribution is 7.92. The maximum atomic E-state index is 12.5. The minimum atomic E-state index is -3.60. The molecule has 0 bridgehead atoms. The molecule has 1 fully saturated rings. The van der Waals surface area contributed by atoms with Gasteiger partial charge in [-0.05, 0) is 63.9 Å². The van der Waals surface area contributed by atoms with Gasteiger partial charge in [-0.1, -0.05) is 29.8 Å². The number of carbonyl (C=O) groups is 1. The molecule has 0 radical (unpaired) electrons. The van der Waals surface area contributed by atoms with Crippen LogP contribution in [0.1, 0.15) is 31.9 Å². The molecule has 2 aromatic carbocycles. The van der Waals surface area contributed by atoms with Crippen molar-refractivity contribution in [1.29, 1.82) is 0 Å². The fraction of sp³-hybridized carbons (Fsp3) is 0.458. The quantitative estimate of drug-likeness (QED) is 0.709. The molecule has 1 saturated heterocycles. The van der Waals surface area contributed by atoms with Gasteiger partial charge in [0.2, 0.25) is 0 Å². The number of hydrogen-bond donors (Lipinski definition) is 1. The number of rotatable bonds is 6. The molecular formula is C24H33N3O4S. The van der Waals surface area contributed by atoms with E-state index in [-0.39, 0.29) is 11.0 Å². The largest absolute Gasteiger partial charge is 0.444 e. The maximum absolute atomic E-state index is 12.5. The van der Waals surface area contributed by atoms with E-state index in [1.165, 1.54) is 0 Å². The first kappa shape index (κ1) is 24.1. The first-order valence-electron chi connectivity index (χ1n) is 10.9. The highest BCUT2D eigenvalue weighted by atomic mass is 32.2. The molecule has 32 heavy (non-hydrogen) atoms. The SMILES string of the molecule is Cc1ccc(S(=O)(=O)Nc2ccc(CCN3CCN(C(=O)OC(C)(C)C)CC3)cc2)cc1. The Morgan fingerprint density at radius 3 is 2.12 bits per heavy atom. The van der Waals surface area contributed by atoms with Crippen molar-refractivity contribution in [1.82, 2.24) is 9.80 Å². The monoisotopic (exact) mass is 459 g/mol. The molecule has 1 amide bonds. The molecule has 0 atom stereocenters.